The highest BCUT2D eigenvalue weighted by Crippen LogP contribution is 2.26. The molecule has 0 radical (unpaired) electrons. The van der Waals surface area contributed by atoms with E-state index >= 15 is 0 Å². The Morgan fingerprint density at radius 1 is 1.25 bits per heavy atom. The second-order valence-electron chi connectivity index (χ2n) is 6.71. The number of hydrogen-bond acceptors (Lipinski definition) is 4. The van der Waals surface area contributed by atoms with Crippen molar-refractivity contribution in [2.75, 3.05) is 5.32 Å². The molecule has 24 heavy (non-hydrogen) atoms. The summed E-state index contributed by atoms with van der Waals surface area (Å²) in [5.74, 6) is 0.453. The second-order valence-corrected chi connectivity index (χ2v) is 6.71. The third-order valence-electron chi connectivity index (χ3n) is 4.68. The van der Waals surface area contributed by atoms with Gasteiger partial charge in [-0.1, -0.05) is 45.0 Å². The maximum Gasteiger partial charge on any atom is 0.263 e. The molecule has 0 aliphatic rings. The largest absolute Gasteiger partial charge is 0.352 e. The summed E-state index contributed by atoms with van der Waals surface area (Å²) in [5.41, 5.74) is 3.04. The quantitative estimate of drug-likeness (QED) is 0.756. The van der Waals surface area contributed by atoms with Gasteiger partial charge >= 0.3 is 0 Å². The van der Waals surface area contributed by atoms with E-state index in [1.165, 1.54) is 11.8 Å². The number of nitrogens with zero attached hydrogens (tertiary/aromatic N) is 3. The minimum atomic E-state index is -0.185. The Bertz CT molecular complexity index is 905. The number of anilines is 1. The molecule has 3 aromatic rings. The monoisotopic (exact) mass is 325 g/mol. The third-order valence-corrected chi connectivity index (χ3v) is 4.68. The number of rotatable bonds is 5. The Balaban J connectivity index is 1.76. The molecule has 0 saturated heterocycles. The summed E-state index contributed by atoms with van der Waals surface area (Å²) in [5, 5.41) is 7.73. The Labute approximate surface area is 140 Å². The number of H-pyrrole nitrogens is 1. The van der Waals surface area contributed by atoms with Gasteiger partial charge in [-0.3, -0.25) is 14.5 Å². The first-order valence-electron chi connectivity index (χ1n) is 8.16. The second kappa shape index (κ2) is 6.11. The molecular weight excluding hydrogens is 302 g/mol. The number of benzene rings is 1. The zero-order valence-corrected chi connectivity index (χ0v) is 14.6. The summed E-state index contributed by atoms with van der Waals surface area (Å²) in [4.78, 5) is 19.2. The standard InChI is InChI=1S/C18H23N5O/c1-5-18(2,3)13-8-6-12(7-9-13)10-19-17-21-15-14(16(24)22-17)11-20-23(15)4/h6-9,11H,5,10H2,1-4H3,(H2,19,21,22,24). The molecule has 0 amide bonds. The smallest absolute Gasteiger partial charge is 0.263 e. The lowest BCUT2D eigenvalue weighted by molar-refractivity contribution is 0.506. The molecule has 3 rings (SSSR count). The molecule has 2 heterocycles. The number of aromatic amines is 1. The fraction of sp³-hybridized carbons (Fsp3) is 0.389. The number of aromatic nitrogens is 4. The summed E-state index contributed by atoms with van der Waals surface area (Å²) in [7, 11) is 1.77. The number of aryl methyl sites for hydroxylation is 1. The zero-order valence-electron chi connectivity index (χ0n) is 14.6. The molecule has 1 aromatic carbocycles. The van der Waals surface area contributed by atoms with E-state index in [0.29, 0.717) is 23.5 Å². The van der Waals surface area contributed by atoms with Crippen LogP contribution >= 0.6 is 0 Å². The maximum absolute atomic E-state index is 12.0. The summed E-state index contributed by atoms with van der Waals surface area (Å²) in [6.07, 6.45) is 2.62. The molecule has 126 valence electrons. The van der Waals surface area contributed by atoms with Gasteiger partial charge in [-0.25, -0.2) is 0 Å². The van der Waals surface area contributed by atoms with E-state index in [2.05, 4.69) is 65.4 Å². The summed E-state index contributed by atoms with van der Waals surface area (Å²) < 4.78 is 1.59. The van der Waals surface area contributed by atoms with Gasteiger partial charge in [0.15, 0.2) is 5.65 Å². The molecule has 6 nitrogen and oxygen atoms in total. The fourth-order valence-corrected chi connectivity index (χ4v) is 2.58. The molecule has 2 N–H and O–H groups in total. The molecule has 0 bridgehead atoms. The van der Waals surface area contributed by atoms with Gasteiger partial charge in [0.2, 0.25) is 5.95 Å². The van der Waals surface area contributed by atoms with Crippen LogP contribution < -0.4 is 10.9 Å². The number of nitrogens with one attached hydrogen (secondary N) is 2. The highest BCUT2D eigenvalue weighted by Gasteiger charge is 2.17. The van der Waals surface area contributed by atoms with E-state index in [9.17, 15) is 4.79 Å². The SMILES string of the molecule is CCC(C)(C)c1ccc(CNc2nc3c(cnn3C)c(=O)[nH]2)cc1. The van der Waals surface area contributed by atoms with Gasteiger partial charge in [0, 0.05) is 13.6 Å². The van der Waals surface area contributed by atoms with Gasteiger partial charge in [-0.05, 0) is 23.0 Å². The first-order chi connectivity index (χ1) is 11.4. The van der Waals surface area contributed by atoms with Crippen molar-refractivity contribution in [3.8, 4) is 0 Å². The van der Waals surface area contributed by atoms with Gasteiger partial charge in [-0.2, -0.15) is 10.1 Å². The van der Waals surface area contributed by atoms with Gasteiger partial charge in [0.05, 0.1) is 6.20 Å². The molecule has 0 unspecified atom stereocenters. The van der Waals surface area contributed by atoms with Crippen LogP contribution in [0.1, 0.15) is 38.3 Å². The predicted molar refractivity (Wildman–Crippen MR) is 96.2 cm³/mol. The van der Waals surface area contributed by atoms with Crippen LogP contribution in [0.5, 0.6) is 0 Å². The van der Waals surface area contributed by atoms with Crippen LogP contribution in [0.4, 0.5) is 5.95 Å². The molecule has 0 aliphatic heterocycles. The Hall–Kier alpha value is -2.63. The van der Waals surface area contributed by atoms with E-state index in [0.717, 1.165) is 12.0 Å². The van der Waals surface area contributed by atoms with Crippen LogP contribution in [-0.2, 0) is 19.0 Å². The Kier molecular flexibility index (Phi) is 4.13. The lowest BCUT2D eigenvalue weighted by Gasteiger charge is -2.23. The third kappa shape index (κ3) is 3.04. The van der Waals surface area contributed by atoms with Gasteiger partial charge in [0.1, 0.15) is 5.39 Å². The molecule has 6 heteroatoms. The van der Waals surface area contributed by atoms with Crippen molar-refractivity contribution in [3.63, 3.8) is 0 Å². The van der Waals surface area contributed by atoms with Crippen LogP contribution in [0.2, 0.25) is 0 Å². The fourth-order valence-electron chi connectivity index (χ4n) is 2.58. The molecule has 0 spiro atoms. The minimum Gasteiger partial charge on any atom is -0.352 e. The van der Waals surface area contributed by atoms with Crippen molar-refractivity contribution in [3.05, 3.63) is 51.9 Å². The first-order valence-corrected chi connectivity index (χ1v) is 8.16. The normalized spacial score (nSPS) is 11.8. The maximum atomic E-state index is 12.0. The van der Waals surface area contributed by atoms with E-state index in [1.807, 2.05) is 0 Å². The molecule has 0 fully saturated rings. The van der Waals surface area contributed by atoms with Crippen molar-refractivity contribution in [1.29, 1.82) is 0 Å². The summed E-state index contributed by atoms with van der Waals surface area (Å²) in [6.45, 7) is 7.29. The number of fused-ring (bicyclic) bond motifs is 1. The predicted octanol–water partition coefficient (Wildman–Crippen LogP) is 2.96. The van der Waals surface area contributed by atoms with Crippen LogP contribution in [0, 0.1) is 0 Å². The molecular formula is C18H23N5O. The Morgan fingerprint density at radius 3 is 2.62 bits per heavy atom. The van der Waals surface area contributed by atoms with Crippen LogP contribution in [0.3, 0.4) is 0 Å². The lowest BCUT2D eigenvalue weighted by atomic mass is 9.82. The van der Waals surface area contributed by atoms with Crippen LogP contribution in [0.25, 0.3) is 11.0 Å². The van der Waals surface area contributed by atoms with Gasteiger partial charge < -0.3 is 5.32 Å². The highest BCUT2D eigenvalue weighted by atomic mass is 16.1. The lowest BCUT2D eigenvalue weighted by Crippen LogP contribution is -2.15. The van der Waals surface area contributed by atoms with E-state index in [-0.39, 0.29) is 11.0 Å². The van der Waals surface area contributed by atoms with Gasteiger partial charge in [-0.15, -0.1) is 0 Å². The van der Waals surface area contributed by atoms with Crippen molar-refractivity contribution in [1.82, 2.24) is 19.7 Å². The highest BCUT2D eigenvalue weighted by molar-refractivity contribution is 5.74. The molecule has 0 saturated carbocycles. The van der Waals surface area contributed by atoms with Gasteiger partial charge in [0.25, 0.3) is 5.56 Å². The van der Waals surface area contributed by atoms with Crippen molar-refractivity contribution >= 4 is 17.0 Å². The summed E-state index contributed by atoms with van der Waals surface area (Å²) >= 11 is 0. The molecule has 0 aliphatic carbocycles. The first kappa shape index (κ1) is 16.2. The average Bonchev–Trinajstić information content (AvgIpc) is 2.95. The van der Waals surface area contributed by atoms with Crippen molar-refractivity contribution in [2.24, 2.45) is 7.05 Å². The molecule has 2 aromatic heterocycles. The van der Waals surface area contributed by atoms with Crippen LogP contribution in [-0.4, -0.2) is 19.7 Å². The van der Waals surface area contributed by atoms with Crippen molar-refractivity contribution in [2.45, 2.75) is 39.2 Å². The van der Waals surface area contributed by atoms with E-state index < -0.39 is 0 Å². The molecule has 0 atom stereocenters. The van der Waals surface area contributed by atoms with E-state index in [1.54, 1.807) is 11.7 Å². The van der Waals surface area contributed by atoms with Crippen molar-refractivity contribution < 1.29 is 0 Å². The number of hydrogen-bond donors (Lipinski definition) is 2. The minimum absolute atomic E-state index is 0.184. The Morgan fingerprint density at radius 2 is 1.96 bits per heavy atom. The van der Waals surface area contributed by atoms with Crippen LogP contribution in [0.15, 0.2) is 35.3 Å². The average molecular weight is 325 g/mol. The van der Waals surface area contributed by atoms with E-state index in [4.69, 9.17) is 0 Å². The topological polar surface area (TPSA) is 75.6 Å². The zero-order chi connectivity index (χ0) is 17.3. The summed E-state index contributed by atoms with van der Waals surface area (Å²) in [6, 6.07) is 8.56.